The van der Waals surface area contributed by atoms with Gasteiger partial charge in [0.2, 0.25) is 11.9 Å². The normalized spacial score (nSPS) is 18.7. The number of fused-ring (bicyclic) bond motifs is 3. The number of anilines is 1. The Morgan fingerprint density at radius 3 is 2.72 bits per heavy atom. The standard InChI is InChI=1S/C22H24N4O3/c1-3-5-13-25-20(27)18(21(28)29-4-2)19(15-9-8-12-23-14-15)26-17-11-7-6-10-16(17)24-22(25)26/h6-12,14,18-19H,3-5,13H2,1-2H3. The summed E-state index contributed by atoms with van der Waals surface area (Å²) in [5.41, 5.74) is 2.44. The zero-order valence-electron chi connectivity index (χ0n) is 16.6. The molecule has 0 saturated heterocycles. The molecule has 0 radical (unpaired) electrons. The number of unbranched alkanes of at least 4 members (excludes halogenated alkanes) is 1. The van der Waals surface area contributed by atoms with Crippen LogP contribution >= 0.6 is 0 Å². The molecule has 1 amide bonds. The highest BCUT2D eigenvalue weighted by Crippen LogP contribution is 2.41. The lowest BCUT2D eigenvalue weighted by molar-refractivity contribution is -0.153. The van der Waals surface area contributed by atoms with Crippen molar-refractivity contribution < 1.29 is 14.3 Å². The third kappa shape index (κ3) is 3.26. The van der Waals surface area contributed by atoms with Crippen molar-refractivity contribution in [1.29, 1.82) is 0 Å². The van der Waals surface area contributed by atoms with Crippen LogP contribution in [0.5, 0.6) is 0 Å². The molecular weight excluding hydrogens is 368 g/mol. The van der Waals surface area contributed by atoms with Gasteiger partial charge in [0.05, 0.1) is 23.7 Å². The van der Waals surface area contributed by atoms with Crippen molar-refractivity contribution in [3.8, 4) is 0 Å². The van der Waals surface area contributed by atoms with Crippen LogP contribution in [0.2, 0.25) is 0 Å². The highest BCUT2D eigenvalue weighted by atomic mass is 16.5. The van der Waals surface area contributed by atoms with Gasteiger partial charge in [0.1, 0.15) is 0 Å². The van der Waals surface area contributed by atoms with Gasteiger partial charge in [-0.2, -0.15) is 0 Å². The molecule has 0 bridgehead atoms. The zero-order valence-corrected chi connectivity index (χ0v) is 16.6. The first kappa shape index (κ1) is 19.1. The van der Waals surface area contributed by atoms with Gasteiger partial charge in [0, 0.05) is 18.9 Å². The summed E-state index contributed by atoms with van der Waals surface area (Å²) in [6, 6.07) is 10.9. The molecule has 2 aromatic heterocycles. The van der Waals surface area contributed by atoms with Crippen LogP contribution in [-0.4, -0.2) is 39.6 Å². The van der Waals surface area contributed by atoms with Crippen LogP contribution in [0.3, 0.4) is 0 Å². The molecule has 1 aliphatic rings. The molecule has 7 heteroatoms. The van der Waals surface area contributed by atoms with E-state index < -0.39 is 17.9 Å². The van der Waals surface area contributed by atoms with Gasteiger partial charge >= 0.3 is 5.97 Å². The van der Waals surface area contributed by atoms with E-state index in [0.717, 1.165) is 29.4 Å². The van der Waals surface area contributed by atoms with E-state index in [1.807, 2.05) is 41.0 Å². The van der Waals surface area contributed by atoms with E-state index in [-0.39, 0.29) is 12.5 Å². The topological polar surface area (TPSA) is 77.3 Å². The van der Waals surface area contributed by atoms with Crippen molar-refractivity contribution in [2.45, 2.75) is 32.7 Å². The average Bonchev–Trinajstić information content (AvgIpc) is 3.12. The van der Waals surface area contributed by atoms with E-state index in [4.69, 9.17) is 9.72 Å². The number of amides is 1. The van der Waals surface area contributed by atoms with Crippen LogP contribution in [0.25, 0.3) is 11.0 Å². The molecule has 0 spiro atoms. The molecule has 0 fully saturated rings. The molecule has 4 rings (SSSR count). The summed E-state index contributed by atoms with van der Waals surface area (Å²) >= 11 is 0. The summed E-state index contributed by atoms with van der Waals surface area (Å²) in [6.07, 6.45) is 5.13. The Labute approximate surface area is 169 Å². The van der Waals surface area contributed by atoms with Crippen molar-refractivity contribution >= 4 is 28.9 Å². The Hall–Kier alpha value is -3.22. The third-order valence-corrected chi connectivity index (χ3v) is 5.25. The molecule has 0 N–H and O–H groups in total. The Morgan fingerprint density at radius 2 is 2.00 bits per heavy atom. The van der Waals surface area contributed by atoms with E-state index in [1.54, 1.807) is 24.2 Å². The number of ether oxygens (including phenoxy) is 1. The molecule has 7 nitrogen and oxygen atoms in total. The maximum atomic E-state index is 13.5. The quantitative estimate of drug-likeness (QED) is 0.475. The number of pyridine rings is 1. The summed E-state index contributed by atoms with van der Waals surface area (Å²) in [5, 5.41) is 0. The molecule has 150 valence electrons. The Bertz CT molecular complexity index is 1030. The predicted octanol–water partition coefficient (Wildman–Crippen LogP) is 3.35. The fourth-order valence-electron chi connectivity index (χ4n) is 3.93. The number of imidazole rings is 1. The van der Waals surface area contributed by atoms with Gasteiger partial charge in [-0.25, -0.2) is 4.98 Å². The summed E-state index contributed by atoms with van der Waals surface area (Å²) in [7, 11) is 0. The lowest BCUT2D eigenvalue weighted by atomic mass is 9.90. The fraction of sp³-hybridized carbons (Fsp3) is 0.364. The van der Waals surface area contributed by atoms with Gasteiger partial charge in [-0.05, 0) is 37.1 Å². The Balaban J connectivity index is 1.97. The zero-order chi connectivity index (χ0) is 20.4. The number of aromatic nitrogens is 3. The number of para-hydroxylation sites is 2. The second kappa shape index (κ2) is 8.03. The van der Waals surface area contributed by atoms with Gasteiger partial charge in [0.25, 0.3) is 0 Å². The first-order valence-corrected chi connectivity index (χ1v) is 10.0. The number of rotatable bonds is 6. The van der Waals surface area contributed by atoms with Crippen molar-refractivity contribution in [3.05, 3.63) is 54.4 Å². The number of benzene rings is 1. The van der Waals surface area contributed by atoms with Crippen LogP contribution in [-0.2, 0) is 14.3 Å². The van der Waals surface area contributed by atoms with Gasteiger partial charge in [0.15, 0.2) is 5.92 Å². The van der Waals surface area contributed by atoms with Crippen LogP contribution in [0.1, 0.15) is 38.3 Å². The molecule has 2 atom stereocenters. The van der Waals surface area contributed by atoms with E-state index in [9.17, 15) is 9.59 Å². The summed E-state index contributed by atoms with van der Waals surface area (Å²) in [4.78, 5) is 37.1. The third-order valence-electron chi connectivity index (χ3n) is 5.25. The largest absolute Gasteiger partial charge is 0.465 e. The number of hydrogen-bond donors (Lipinski definition) is 0. The van der Waals surface area contributed by atoms with Gasteiger partial charge < -0.3 is 9.30 Å². The minimum atomic E-state index is -0.985. The molecule has 2 unspecified atom stereocenters. The van der Waals surface area contributed by atoms with Crippen molar-refractivity contribution in [1.82, 2.24) is 14.5 Å². The molecule has 3 aromatic rings. The maximum absolute atomic E-state index is 13.5. The monoisotopic (exact) mass is 392 g/mol. The summed E-state index contributed by atoms with van der Waals surface area (Å²) in [5.74, 6) is -1.20. The molecule has 0 saturated carbocycles. The molecule has 1 aliphatic heterocycles. The van der Waals surface area contributed by atoms with Crippen LogP contribution in [0.4, 0.5) is 5.95 Å². The Morgan fingerprint density at radius 1 is 1.17 bits per heavy atom. The Kier molecular flexibility index (Phi) is 5.29. The molecule has 3 heterocycles. The van der Waals surface area contributed by atoms with E-state index in [0.29, 0.717) is 12.5 Å². The highest BCUT2D eigenvalue weighted by Gasteiger charge is 2.47. The second-order valence-electron chi connectivity index (χ2n) is 7.07. The minimum absolute atomic E-state index is 0.217. The highest BCUT2D eigenvalue weighted by molar-refractivity contribution is 6.08. The number of carbonyl (C=O) groups is 2. The smallest absolute Gasteiger partial charge is 0.321 e. The molecule has 29 heavy (non-hydrogen) atoms. The van der Waals surface area contributed by atoms with Crippen molar-refractivity contribution in [3.63, 3.8) is 0 Å². The second-order valence-corrected chi connectivity index (χ2v) is 7.07. The van der Waals surface area contributed by atoms with Crippen LogP contribution in [0.15, 0.2) is 48.8 Å². The summed E-state index contributed by atoms with van der Waals surface area (Å²) < 4.78 is 7.31. The maximum Gasteiger partial charge on any atom is 0.321 e. The first-order valence-electron chi connectivity index (χ1n) is 10.0. The average molecular weight is 392 g/mol. The number of carbonyl (C=O) groups excluding carboxylic acids is 2. The minimum Gasteiger partial charge on any atom is -0.465 e. The van der Waals surface area contributed by atoms with Gasteiger partial charge in [-0.3, -0.25) is 19.5 Å². The predicted molar refractivity (Wildman–Crippen MR) is 109 cm³/mol. The van der Waals surface area contributed by atoms with Crippen LogP contribution in [0, 0.1) is 5.92 Å². The van der Waals surface area contributed by atoms with Crippen LogP contribution < -0.4 is 4.90 Å². The van der Waals surface area contributed by atoms with Gasteiger partial charge in [-0.15, -0.1) is 0 Å². The number of hydrogen-bond acceptors (Lipinski definition) is 5. The summed E-state index contributed by atoms with van der Waals surface area (Å²) in [6.45, 7) is 4.54. The lowest BCUT2D eigenvalue weighted by Gasteiger charge is -2.37. The number of esters is 1. The van der Waals surface area contributed by atoms with Crippen molar-refractivity contribution in [2.24, 2.45) is 5.92 Å². The molecule has 1 aromatic carbocycles. The van der Waals surface area contributed by atoms with E-state index in [2.05, 4.69) is 11.9 Å². The van der Waals surface area contributed by atoms with Crippen molar-refractivity contribution in [2.75, 3.05) is 18.1 Å². The van der Waals surface area contributed by atoms with E-state index in [1.165, 1.54) is 0 Å². The fourth-order valence-corrected chi connectivity index (χ4v) is 3.93. The van der Waals surface area contributed by atoms with E-state index >= 15 is 0 Å². The SMILES string of the molecule is CCCCN1C(=O)C(C(=O)OCC)C(c2cccnc2)n2c1nc1ccccc12. The first-order chi connectivity index (χ1) is 14.2. The molecule has 0 aliphatic carbocycles. The van der Waals surface area contributed by atoms with Gasteiger partial charge in [-0.1, -0.05) is 31.5 Å². The lowest BCUT2D eigenvalue weighted by Crippen LogP contribution is -2.50. The molecular formula is C22H24N4O3. The number of nitrogens with zero attached hydrogens (tertiary/aromatic N) is 4.